The average molecular weight is 446 g/mol. The third kappa shape index (κ3) is 2.21. The molecular weight excluding hydrogens is 426 g/mol. The van der Waals surface area contributed by atoms with Crippen LogP contribution in [0.2, 0.25) is 0 Å². The Hall–Kier alpha value is -4.50. The van der Waals surface area contributed by atoms with Crippen molar-refractivity contribution < 1.29 is 0 Å². The molecule has 0 fully saturated rings. The minimum Gasteiger partial charge on any atom is -0.290 e. The summed E-state index contributed by atoms with van der Waals surface area (Å²) < 4.78 is 2.28. The van der Waals surface area contributed by atoms with Gasteiger partial charge in [0.15, 0.2) is 0 Å². The van der Waals surface area contributed by atoms with E-state index in [1.165, 1.54) is 55.3 Å². The van der Waals surface area contributed by atoms with E-state index in [2.05, 4.69) is 83.3 Å². The van der Waals surface area contributed by atoms with Crippen molar-refractivity contribution >= 4 is 38.5 Å². The molecule has 7 aromatic rings. The highest BCUT2D eigenvalue weighted by molar-refractivity contribution is 6.14. The molecule has 4 aromatic carbocycles. The summed E-state index contributed by atoms with van der Waals surface area (Å²) >= 11 is 0. The maximum atomic E-state index is 5.10. The zero-order chi connectivity index (χ0) is 22.7. The van der Waals surface area contributed by atoms with Gasteiger partial charge in [-0.3, -0.25) is 9.38 Å². The van der Waals surface area contributed by atoms with Gasteiger partial charge in [0.1, 0.15) is 5.65 Å². The van der Waals surface area contributed by atoms with Crippen LogP contribution in [0.15, 0.2) is 91.1 Å². The molecule has 0 N–H and O–H groups in total. The van der Waals surface area contributed by atoms with Crippen LogP contribution in [0.5, 0.6) is 0 Å². The highest BCUT2D eigenvalue weighted by Crippen LogP contribution is 2.46. The highest BCUT2D eigenvalue weighted by atomic mass is 15.0. The Balaban J connectivity index is 1.40. The zero-order valence-corrected chi connectivity index (χ0v) is 18.9. The lowest BCUT2D eigenvalue weighted by molar-refractivity contribution is 1.21. The molecule has 162 valence electrons. The van der Waals surface area contributed by atoms with Gasteiger partial charge in [0.05, 0.1) is 22.1 Å². The number of benzene rings is 4. The lowest BCUT2D eigenvalue weighted by Crippen LogP contribution is -1.94. The zero-order valence-electron chi connectivity index (χ0n) is 18.9. The monoisotopic (exact) mass is 445 g/mol. The summed E-state index contributed by atoms with van der Waals surface area (Å²) in [6.45, 7) is 0. The molecule has 3 aromatic heterocycles. The minimum atomic E-state index is 0.972. The Morgan fingerprint density at radius 3 is 2.29 bits per heavy atom. The number of hydrogen-bond donors (Lipinski definition) is 0. The second-order valence-corrected chi connectivity index (χ2v) is 9.86. The maximum absolute atomic E-state index is 5.10. The number of imidazole rings is 1. The van der Waals surface area contributed by atoms with Crippen LogP contribution in [0.1, 0.15) is 22.3 Å². The van der Waals surface area contributed by atoms with Crippen LogP contribution in [-0.2, 0) is 12.8 Å². The van der Waals surface area contributed by atoms with Crippen molar-refractivity contribution in [3.8, 4) is 22.3 Å². The number of nitrogens with zero attached hydrogens (tertiary/aromatic N) is 3. The van der Waals surface area contributed by atoms with Gasteiger partial charge in [0.25, 0.3) is 0 Å². The van der Waals surface area contributed by atoms with E-state index in [1.54, 1.807) is 0 Å². The molecule has 3 heteroatoms. The van der Waals surface area contributed by atoms with Crippen LogP contribution in [-0.4, -0.2) is 14.4 Å². The van der Waals surface area contributed by atoms with Gasteiger partial charge < -0.3 is 0 Å². The topological polar surface area (TPSA) is 30.2 Å². The minimum absolute atomic E-state index is 0.972. The molecular formula is C32H19N3. The van der Waals surface area contributed by atoms with E-state index < -0.39 is 0 Å². The van der Waals surface area contributed by atoms with Crippen LogP contribution < -0.4 is 0 Å². The second kappa shape index (κ2) is 6.13. The van der Waals surface area contributed by atoms with Crippen molar-refractivity contribution in [3.05, 3.63) is 113 Å². The Morgan fingerprint density at radius 2 is 1.31 bits per heavy atom. The first-order valence-electron chi connectivity index (χ1n) is 12.2. The second-order valence-electron chi connectivity index (χ2n) is 9.86. The summed E-state index contributed by atoms with van der Waals surface area (Å²) in [5.74, 6) is 0. The number of pyridine rings is 2. The van der Waals surface area contributed by atoms with Gasteiger partial charge in [-0.25, -0.2) is 4.98 Å². The third-order valence-corrected chi connectivity index (χ3v) is 8.02. The molecule has 0 radical (unpaired) electrons. The van der Waals surface area contributed by atoms with Crippen molar-refractivity contribution in [2.75, 3.05) is 0 Å². The highest BCUT2D eigenvalue weighted by Gasteiger charge is 2.26. The smallest absolute Gasteiger partial charge is 0.146 e. The van der Waals surface area contributed by atoms with Crippen molar-refractivity contribution in [1.82, 2.24) is 14.4 Å². The molecule has 0 unspecified atom stereocenters. The largest absolute Gasteiger partial charge is 0.290 e. The summed E-state index contributed by atoms with van der Waals surface area (Å²) in [6, 6.07) is 31.0. The van der Waals surface area contributed by atoms with Crippen LogP contribution in [0, 0.1) is 0 Å². The van der Waals surface area contributed by atoms with Gasteiger partial charge in [-0.05, 0) is 99.8 Å². The van der Waals surface area contributed by atoms with Crippen LogP contribution in [0.3, 0.4) is 0 Å². The van der Waals surface area contributed by atoms with E-state index in [0.717, 1.165) is 40.6 Å². The fraction of sp³-hybridized carbons (Fsp3) is 0.0625. The van der Waals surface area contributed by atoms with E-state index in [0.29, 0.717) is 0 Å². The van der Waals surface area contributed by atoms with E-state index in [1.807, 2.05) is 12.3 Å². The van der Waals surface area contributed by atoms with Crippen molar-refractivity contribution in [3.63, 3.8) is 0 Å². The van der Waals surface area contributed by atoms with E-state index in [9.17, 15) is 0 Å². The number of aromatic nitrogens is 3. The molecule has 3 heterocycles. The lowest BCUT2D eigenvalue weighted by Gasteiger charge is -2.11. The predicted octanol–water partition coefficient (Wildman–Crippen LogP) is 7.33. The normalized spacial score (nSPS) is 13.5. The quantitative estimate of drug-likeness (QED) is 0.229. The summed E-state index contributed by atoms with van der Waals surface area (Å²) in [4.78, 5) is 9.95. The van der Waals surface area contributed by atoms with Gasteiger partial charge in [0, 0.05) is 17.0 Å². The molecule has 0 amide bonds. The summed E-state index contributed by atoms with van der Waals surface area (Å²) in [6.07, 6.45) is 3.91. The summed E-state index contributed by atoms with van der Waals surface area (Å²) in [7, 11) is 0. The van der Waals surface area contributed by atoms with E-state index in [4.69, 9.17) is 9.97 Å². The van der Waals surface area contributed by atoms with Crippen molar-refractivity contribution in [2.45, 2.75) is 12.8 Å². The van der Waals surface area contributed by atoms with E-state index in [-0.39, 0.29) is 0 Å². The SMILES string of the molecule is c1ccc2c(c1)Cc1cc3c(cc1-2)-c1cc2c(cc1C3)c1ncccc1n1c3ccccc3nc21. The molecule has 0 atom stereocenters. The van der Waals surface area contributed by atoms with Gasteiger partial charge in [-0.1, -0.05) is 42.5 Å². The Morgan fingerprint density at radius 1 is 0.571 bits per heavy atom. The van der Waals surface area contributed by atoms with E-state index >= 15 is 0 Å². The number of rotatable bonds is 0. The first kappa shape index (κ1) is 17.9. The Labute approximate surface area is 201 Å². The first-order chi connectivity index (χ1) is 17.3. The van der Waals surface area contributed by atoms with Gasteiger partial charge >= 0.3 is 0 Å². The maximum Gasteiger partial charge on any atom is 0.146 e. The van der Waals surface area contributed by atoms with Crippen LogP contribution in [0.25, 0.3) is 60.7 Å². The fourth-order valence-electron chi connectivity index (χ4n) is 6.49. The van der Waals surface area contributed by atoms with Crippen LogP contribution in [0.4, 0.5) is 0 Å². The molecule has 0 saturated heterocycles. The average Bonchev–Trinajstić information content (AvgIpc) is 3.57. The molecule has 0 spiro atoms. The Bertz CT molecular complexity index is 2060. The van der Waals surface area contributed by atoms with Gasteiger partial charge in [0.2, 0.25) is 0 Å². The third-order valence-electron chi connectivity index (χ3n) is 8.02. The molecule has 0 aliphatic heterocycles. The lowest BCUT2D eigenvalue weighted by atomic mass is 9.96. The molecule has 0 bridgehead atoms. The summed E-state index contributed by atoms with van der Waals surface area (Å²) in [5, 5.41) is 2.35. The first-order valence-corrected chi connectivity index (χ1v) is 12.2. The predicted molar refractivity (Wildman–Crippen MR) is 142 cm³/mol. The van der Waals surface area contributed by atoms with Crippen molar-refractivity contribution in [1.29, 1.82) is 0 Å². The Kier molecular flexibility index (Phi) is 3.14. The molecule has 9 rings (SSSR count). The van der Waals surface area contributed by atoms with Crippen molar-refractivity contribution in [2.24, 2.45) is 0 Å². The van der Waals surface area contributed by atoms with Gasteiger partial charge in [-0.15, -0.1) is 0 Å². The molecule has 3 nitrogen and oxygen atoms in total. The van der Waals surface area contributed by atoms with Gasteiger partial charge in [-0.2, -0.15) is 0 Å². The van der Waals surface area contributed by atoms with Crippen LogP contribution >= 0.6 is 0 Å². The molecule has 2 aliphatic carbocycles. The number of para-hydroxylation sites is 2. The summed E-state index contributed by atoms with van der Waals surface area (Å²) in [5.41, 5.74) is 16.5. The number of hydrogen-bond acceptors (Lipinski definition) is 2. The molecule has 2 aliphatic rings. The molecule has 0 saturated carbocycles. The number of fused-ring (bicyclic) bond motifs is 14. The fourth-order valence-corrected chi connectivity index (χ4v) is 6.49. The molecule has 35 heavy (non-hydrogen) atoms. The standard InChI is InChI=1S/C32H19N3/c1-2-7-22-18(6-1)12-19-13-20-14-21-15-26-27(17-25(21)24(20)16-23(19)22)32-34-28-8-3-4-9-29(28)35(32)30-10-5-11-33-31(26)30/h1-11,13,15-17H,12,14H2.